The molecule has 0 saturated carbocycles. The van der Waals surface area contributed by atoms with Crippen LogP contribution in [0.25, 0.3) is 0 Å². The number of rotatable bonds is 7. The fraction of sp³-hybridized carbons (Fsp3) is 0.167. The maximum atomic E-state index is 13.5. The lowest BCUT2D eigenvalue weighted by atomic mass is 9.80. The monoisotopic (exact) mass is 425 g/mol. The van der Waals surface area contributed by atoms with Gasteiger partial charge in [0.15, 0.2) is 0 Å². The van der Waals surface area contributed by atoms with Crippen molar-refractivity contribution in [1.29, 1.82) is 0 Å². The molecule has 3 aromatic rings. The van der Waals surface area contributed by atoms with E-state index in [4.69, 9.17) is 0 Å². The highest BCUT2D eigenvalue weighted by molar-refractivity contribution is 5.76. The van der Waals surface area contributed by atoms with Crippen LogP contribution in [0.15, 0.2) is 91.6 Å². The van der Waals surface area contributed by atoms with Crippen molar-refractivity contribution in [2.75, 3.05) is 6.54 Å². The predicted molar refractivity (Wildman–Crippen MR) is 113 cm³/mol. The molecule has 1 atom stereocenters. The molecule has 2 amide bonds. The van der Waals surface area contributed by atoms with Crippen molar-refractivity contribution in [2.24, 2.45) is 0 Å². The van der Waals surface area contributed by atoms with Crippen LogP contribution >= 0.6 is 0 Å². The van der Waals surface area contributed by atoms with E-state index in [9.17, 15) is 18.0 Å². The number of nitrogens with one attached hydrogen (secondary N) is 2. The third-order valence-corrected chi connectivity index (χ3v) is 4.83. The van der Waals surface area contributed by atoms with Gasteiger partial charge in [-0.25, -0.2) is 4.79 Å². The molecule has 3 rings (SSSR count). The number of aromatic nitrogens is 1. The van der Waals surface area contributed by atoms with E-state index in [1.807, 2.05) is 30.3 Å². The third kappa shape index (κ3) is 5.31. The zero-order valence-corrected chi connectivity index (χ0v) is 16.7. The van der Waals surface area contributed by atoms with Gasteiger partial charge in [0.2, 0.25) is 0 Å². The first-order chi connectivity index (χ1) is 14.8. The summed E-state index contributed by atoms with van der Waals surface area (Å²) in [5.74, 6) is 0. The van der Waals surface area contributed by atoms with Crippen LogP contribution < -0.4 is 10.6 Å². The maximum absolute atomic E-state index is 13.5. The Hall–Kier alpha value is -3.61. The number of pyridine rings is 1. The number of urea groups is 1. The summed E-state index contributed by atoms with van der Waals surface area (Å²) in [5, 5.41) is 5.54. The van der Waals surface area contributed by atoms with Gasteiger partial charge in [-0.15, -0.1) is 6.58 Å². The summed E-state index contributed by atoms with van der Waals surface area (Å²) in [5.41, 5.74) is -0.610. The molecule has 160 valence electrons. The van der Waals surface area contributed by atoms with E-state index in [2.05, 4.69) is 22.2 Å². The van der Waals surface area contributed by atoms with E-state index < -0.39 is 23.3 Å². The topological polar surface area (TPSA) is 54.0 Å². The number of hydrogen-bond donors (Lipinski definition) is 2. The molecule has 0 fully saturated rings. The second kappa shape index (κ2) is 9.47. The minimum Gasteiger partial charge on any atom is -0.335 e. The highest BCUT2D eigenvalue weighted by Gasteiger charge is 2.40. The van der Waals surface area contributed by atoms with Gasteiger partial charge in [0, 0.05) is 19.2 Å². The number of carbonyl (C=O) groups excluding carboxylic acids is 1. The quantitative estimate of drug-likeness (QED) is 0.519. The Labute approximate surface area is 178 Å². The van der Waals surface area contributed by atoms with Crippen molar-refractivity contribution in [1.82, 2.24) is 15.6 Å². The normalized spacial score (nSPS) is 13.1. The molecule has 0 spiro atoms. The van der Waals surface area contributed by atoms with Gasteiger partial charge in [-0.05, 0) is 35.4 Å². The summed E-state index contributed by atoms with van der Waals surface area (Å²) in [4.78, 5) is 17.1. The number of nitrogens with zero attached hydrogens (tertiary/aromatic N) is 1. The van der Waals surface area contributed by atoms with Crippen molar-refractivity contribution >= 4 is 6.03 Å². The Morgan fingerprint density at radius 3 is 2.32 bits per heavy atom. The van der Waals surface area contributed by atoms with E-state index >= 15 is 0 Å². The molecule has 1 aromatic heterocycles. The van der Waals surface area contributed by atoms with Gasteiger partial charge in [-0.1, -0.05) is 54.6 Å². The van der Waals surface area contributed by atoms with Gasteiger partial charge in [-0.3, -0.25) is 4.98 Å². The van der Waals surface area contributed by atoms with Gasteiger partial charge in [0.05, 0.1) is 11.3 Å². The van der Waals surface area contributed by atoms with Gasteiger partial charge in [0.1, 0.15) is 5.54 Å². The zero-order chi connectivity index (χ0) is 22.3. The molecule has 0 aliphatic heterocycles. The van der Waals surface area contributed by atoms with Crippen molar-refractivity contribution in [3.63, 3.8) is 0 Å². The van der Waals surface area contributed by atoms with E-state index in [0.717, 1.165) is 17.7 Å². The predicted octanol–water partition coefficient (Wildman–Crippen LogP) is 5.07. The summed E-state index contributed by atoms with van der Waals surface area (Å²) < 4.78 is 40.5. The van der Waals surface area contributed by atoms with Crippen molar-refractivity contribution in [3.05, 3.63) is 114 Å². The number of carbonyl (C=O) groups is 1. The first-order valence-electron chi connectivity index (χ1n) is 9.65. The second-order valence-electron chi connectivity index (χ2n) is 6.98. The Balaban J connectivity index is 2.21. The zero-order valence-electron chi connectivity index (χ0n) is 16.7. The van der Waals surface area contributed by atoms with Crippen molar-refractivity contribution < 1.29 is 18.0 Å². The van der Waals surface area contributed by atoms with Crippen LogP contribution in [0, 0.1) is 0 Å². The van der Waals surface area contributed by atoms with E-state index in [1.165, 1.54) is 12.1 Å². The van der Waals surface area contributed by atoms with Gasteiger partial charge in [-0.2, -0.15) is 13.2 Å². The summed E-state index contributed by atoms with van der Waals surface area (Å²) >= 11 is 0. The highest BCUT2D eigenvalue weighted by atomic mass is 19.4. The molecule has 1 heterocycles. The smallest absolute Gasteiger partial charge is 0.335 e. The van der Waals surface area contributed by atoms with Gasteiger partial charge in [0.25, 0.3) is 0 Å². The lowest BCUT2D eigenvalue weighted by Crippen LogP contribution is -2.52. The Kier molecular flexibility index (Phi) is 6.74. The third-order valence-electron chi connectivity index (χ3n) is 4.83. The average Bonchev–Trinajstić information content (AvgIpc) is 2.78. The minimum absolute atomic E-state index is 0.202. The lowest BCUT2D eigenvalue weighted by Gasteiger charge is -2.35. The molecule has 2 aromatic carbocycles. The fourth-order valence-corrected chi connectivity index (χ4v) is 3.40. The Morgan fingerprint density at radius 1 is 0.968 bits per heavy atom. The lowest BCUT2D eigenvalue weighted by molar-refractivity contribution is -0.137. The Morgan fingerprint density at radius 2 is 1.68 bits per heavy atom. The molecule has 0 saturated heterocycles. The molecular formula is C24H22F3N3O. The highest BCUT2D eigenvalue weighted by Crippen LogP contribution is 2.36. The van der Waals surface area contributed by atoms with Crippen LogP contribution in [-0.4, -0.2) is 17.6 Å². The molecule has 0 bridgehead atoms. The Bertz CT molecular complexity index is 1020. The van der Waals surface area contributed by atoms with E-state index in [1.54, 1.807) is 30.5 Å². The van der Waals surface area contributed by atoms with E-state index in [0.29, 0.717) is 5.69 Å². The molecule has 1 unspecified atom stereocenters. The second-order valence-corrected chi connectivity index (χ2v) is 6.98. The first kappa shape index (κ1) is 22.1. The standard InChI is InChI=1S/C24H22F3N3O/c1-2-14-29-22(31)30-23(21-13-6-7-15-28-21,17-18-9-4-3-5-10-18)19-11-8-12-20(16-19)24(25,26)27/h2-13,15-16H,1,14,17H2,(H2,29,30,31). The minimum atomic E-state index is -4.52. The molecule has 0 aliphatic rings. The van der Waals surface area contributed by atoms with Crippen LogP contribution in [0.4, 0.5) is 18.0 Å². The number of amides is 2. The summed E-state index contributed by atoms with van der Waals surface area (Å²) in [7, 11) is 0. The van der Waals surface area contributed by atoms with Crippen LogP contribution in [-0.2, 0) is 18.1 Å². The van der Waals surface area contributed by atoms with E-state index in [-0.39, 0.29) is 18.5 Å². The average molecular weight is 425 g/mol. The maximum Gasteiger partial charge on any atom is 0.416 e. The van der Waals surface area contributed by atoms with Gasteiger partial charge < -0.3 is 10.6 Å². The molecule has 7 heteroatoms. The number of halogens is 3. The van der Waals surface area contributed by atoms with Gasteiger partial charge >= 0.3 is 12.2 Å². The van der Waals surface area contributed by atoms with Crippen molar-refractivity contribution in [2.45, 2.75) is 18.1 Å². The number of hydrogen-bond acceptors (Lipinski definition) is 2. The molecule has 0 aliphatic carbocycles. The molecule has 4 nitrogen and oxygen atoms in total. The summed E-state index contributed by atoms with van der Waals surface area (Å²) in [6, 6.07) is 18.8. The molecule has 31 heavy (non-hydrogen) atoms. The van der Waals surface area contributed by atoms with Crippen molar-refractivity contribution in [3.8, 4) is 0 Å². The molecular weight excluding hydrogens is 403 g/mol. The molecule has 0 radical (unpaired) electrons. The first-order valence-corrected chi connectivity index (χ1v) is 9.65. The number of benzene rings is 2. The summed E-state index contributed by atoms with van der Waals surface area (Å²) in [6.07, 6.45) is -1.26. The van der Waals surface area contributed by atoms with Crippen LogP contribution in [0.3, 0.4) is 0 Å². The largest absolute Gasteiger partial charge is 0.416 e. The van der Waals surface area contributed by atoms with Crippen LogP contribution in [0.5, 0.6) is 0 Å². The summed E-state index contributed by atoms with van der Waals surface area (Å²) in [6.45, 7) is 3.78. The SMILES string of the molecule is C=CCNC(=O)NC(Cc1ccccc1)(c1cccc(C(F)(F)F)c1)c1ccccn1. The van der Waals surface area contributed by atoms with Crippen LogP contribution in [0.1, 0.15) is 22.4 Å². The molecule has 2 N–H and O–H groups in total. The van der Waals surface area contributed by atoms with Crippen LogP contribution in [0.2, 0.25) is 0 Å². The fourth-order valence-electron chi connectivity index (χ4n) is 3.40. The number of alkyl halides is 3.